The van der Waals surface area contributed by atoms with Gasteiger partial charge in [0.2, 0.25) is 11.8 Å². The van der Waals surface area contributed by atoms with Crippen molar-refractivity contribution >= 4 is 11.8 Å². The zero-order valence-electron chi connectivity index (χ0n) is 20.3. The third kappa shape index (κ3) is 10.2. The molecule has 12 heteroatoms. The van der Waals surface area contributed by atoms with Gasteiger partial charge in [0, 0.05) is 18.8 Å². The average molecular weight is 547 g/mol. The van der Waals surface area contributed by atoms with Gasteiger partial charge in [0.15, 0.2) is 13.2 Å². The zero-order chi connectivity index (χ0) is 27.8. The van der Waals surface area contributed by atoms with Gasteiger partial charge >= 0.3 is 12.4 Å². The first-order valence-electron chi connectivity index (χ1n) is 12.0. The molecular formula is C26H28F6N2O4. The van der Waals surface area contributed by atoms with Crippen molar-refractivity contribution in [2.45, 2.75) is 49.9 Å². The zero-order valence-corrected chi connectivity index (χ0v) is 20.3. The van der Waals surface area contributed by atoms with Crippen LogP contribution in [0, 0.1) is 0 Å². The smallest absolute Gasteiger partial charge is 0.422 e. The van der Waals surface area contributed by atoms with Crippen molar-refractivity contribution in [3.8, 4) is 11.5 Å². The van der Waals surface area contributed by atoms with Crippen molar-refractivity contribution in [1.29, 1.82) is 0 Å². The lowest BCUT2D eigenvalue weighted by Gasteiger charge is -2.23. The lowest BCUT2D eigenvalue weighted by molar-refractivity contribution is -0.154. The van der Waals surface area contributed by atoms with Crippen LogP contribution < -0.4 is 20.1 Å². The van der Waals surface area contributed by atoms with Crippen molar-refractivity contribution in [3.63, 3.8) is 0 Å². The molecule has 208 valence electrons. The monoisotopic (exact) mass is 546 g/mol. The number of rotatable bonds is 6. The first-order valence-corrected chi connectivity index (χ1v) is 12.0. The number of carbonyl (C=O) groups is 2. The van der Waals surface area contributed by atoms with Gasteiger partial charge in [-0.05, 0) is 67.2 Å². The van der Waals surface area contributed by atoms with E-state index in [1.54, 1.807) is 24.3 Å². The van der Waals surface area contributed by atoms with E-state index in [4.69, 9.17) is 0 Å². The molecule has 0 aromatic heterocycles. The van der Waals surface area contributed by atoms with Gasteiger partial charge in [0.25, 0.3) is 0 Å². The minimum atomic E-state index is -4.38. The highest BCUT2D eigenvalue weighted by Gasteiger charge is 2.29. The molecule has 0 saturated carbocycles. The first-order chi connectivity index (χ1) is 17.9. The quantitative estimate of drug-likeness (QED) is 0.383. The van der Waals surface area contributed by atoms with Crippen LogP contribution >= 0.6 is 0 Å². The topological polar surface area (TPSA) is 76.7 Å². The molecule has 2 amide bonds. The fraction of sp³-hybridized carbons (Fsp3) is 0.462. The minimum absolute atomic E-state index is 0.0951. The van der Waals surface area contributed by atoms with E-state index in [0.29, 0.717) is 5.92 Å². The average Bonchev–Trinajstić information content (AvgIpc) is 2.86. The van der Waals surface area contributed by atoms with Crippen LogP contribution in [0.4, 0.5) is 26.3 Å². The second-order valence-electron chi connectivity index (χ2n) is 9.05. The van der Waals surface area contributed by atoms with Crippen LogP contribution in [-0.2, 0) is 9.59 Å². The van der Waals surface area contributed by atoms with Gasteiger partial charge < -0.3 is 14.8 Å². The van der Waals surface area contributed by atoms with E-state index in [-0.39, 0.29) is 42.1 Å². The van der Waals surface area contributed by atoms with E-state index in [1.807, 2.05) is 12.1 Å². The van der Waals surface area contributed by atoms with E-state index in [1.165, 1.54) is 17.7 Å². The number of carbonyl (C=O) groups excluding carboxylic acids is 2. The Morgan fingerprint density at radius 2 is 1.05 bits per heavy atom. The number of piperidine rings is 2. The van der Waals surface area contributed by atoms with E-state index in [2.05, 4.69) is 20.1 Å². The predicted molar refractivity (Wildman–Crippen MR) is 126 cm³/mol. The molecule has 2 aromatic carbocycles. The SMILES string of the molecule is FC(F)(F)COc1ccc(C2CCNCC2)cc1.O=C1CC(c2ccc(OCC(F)(F)F)cc2)CC(=O)N1. The Kier molecular flexibility index (Phi) is 10.0. The first kappa shape index (κ1) is 29.3. The Bertz CT molecular complexity index is 1030. The molecule has 2 aromatic rings. The summed E-state index contributed by atoms with van der Waals surface area (Å²) in [5.74, 6) is -0.0641. The minimum Gasteiger partial charge on any atom is -0.484 e. The number of amides is 2. The summed E-state index contributed by atoms with van der Waals surface area (Å²) in [7, 11) is 0. The summed E-state index contributed by atoms with van der Waals surface area (Å²) >= 11 is 0. The van der Waals surface area contributed by atoms with Crippen molar-refractivity contribution < 1.29 is 45.4 Å². The summed E-state index contributed by atoms with van der Waals surface area (Å²) in [6.45, 7) is -0.593. The maximum absolute atomic E-state index is 12.0. The van der Waals surface area contributed by atoms with E-state index >= 15 is 0 Å². The van der Waals surface area contributed by atoms with Gasteiger partial charge in [0.05, 0.1) is 0 Å². The van der Waals surface area contributed by atoms with E-state index in [9.17, 15) is 35.9 Å². The number of alkyl halides is 6. The van der Waals surface area contributed by atoms with Crippen molar-refractivity contribution in [2.24, 2.45) is 0 Å². The summed E-state index contributed by atoms with van der Waals surface area (Å²) in [5, 5.41) is 5.48. The highest BCUT2D eigenvalue weighted by atomic mass is 19.4. The second kappa shape index (κ2) is 13.0. The molecule has 2 fully saturated rings. The lowest BCUT2D eigenvalue weighted by Crippen LogP contribution is -2.37. The number of hydrogen-bond acceptors (Lipinski definition) is 5. The molecular weight excluding hydrogens is 518 g/mol. The normalized spacial score (nSPS) is 17.3. The predicted octanol–water partition coefficient (Wildman–Crippen LogP) is 5.24. The Labute approximate surface area is 215 Å². The van der Waals surface area contributed by atoms with Crippen LogP contribution in [0.3, 0.4) is 0 Å². The van der Waals surface area contributed by atoms with Gasteiger partial charge in [-0.15, -0.1) is 0 Å². The van der Waals surface area contributed by atoms with E-state index in [0.717, 1.165) is 31.5 Å². The van der Waals surface area contributed by atoms with Crippen LogP contribution in [0.25, 0.3) is 0 Å². The number of benzene rings is 2. The van der Waals surface area contributed by atoms with Crippen LogP contribution in [0.1, 0.15) is 48.6 Å². The fourth-order valence-corrected chi connectivity index (χ4v) is 4.17. The van der Waals surface area contributed by atoms with Crippen LogP contribution in [-0.4, -0.2) is 50.5 Å². The maximum Gasteiger partial charge on any atom is 0.422 e. The van der Waals surface area contributed by atoms with Gasteiger partial charge in [-0.3, -0.25) is 14.9 Å². The van der Waals surface area contributed by atoms with Crippen molar-refractivity contribution in [1.82, 2.24) is 10.6 Å². The van der Waals surface area contributed by atoms with Gasteiger partial charge in [-0.1, -0.05) is 24.3 Å². The number of imide groups is 1. The van der Waals surface area contributed by atoms with Gasteiger partial charge in [-0.25, -0.2) is 0 Å². The number of hydrogen-bond donors (Lipinski definition) is 2. The second-order valence-corrected chi connectivity index (χ2v) is 9.05. The molecule has 0 bridgehead atoms. The standard InChI is InChI=1S/C13H12F3NO3.C13H16F3NO/c14-13(15,16)7-20-10-3-1-8(2-4-10)9-5-11(18)17-12(19)6-9;14-13(15,16)9-18-12-3-1-10(2-4-12)11-5-7-17-8-6-11/h1-4,9H,5-7H2,(H,17,18,19);1-4,11,17H,5-9H2. The molecule has 0 unspecified atom stereocenters. The molecule has 38 heavy (non-hydrogen) atoms. The molecule has 0 atom stereocenters. The Balaban J connectivity index is 0.000000212. The summed E-state index contributed by atoms with van der Waals surface area (Å²) in [6, 6.07) is 12.9. The molecule has 0 aliphatic carbocycles. The lowest BCUT2D eigenvalue weighted by atomic mass is 9.89. The van der Waals surface area contributed by atoms with Gasteiger partial charge in [-0.2, -0.15) is 26.3 Å². The Morgan fingerprint density at radius 1 is 0.658 bits per heavy atom. The molecule has 0 spiro atoms. The highest BCUT2D eigenvalue weighted by Crippen LogP contribution is 2.29. The molecule has 4 rings (SSSR count). The van der Waals surface area contributed by atoms with Gasteiger partial charge in [0.1, 0.15) is 11.5 Å². The van der Waals surface area contributed by atoms with Crippen LogP contribution in [0.15, 0.2) is 48.5 Å². The molecule has 2 aliphatic heterocycles. The molecule has 2 saturated heterocycles. The summed E-state index contributed by atoms with van der Waals surface area (Å²) in [4.78, 5) is 22.5. The fourth-order valence-electron chi connectivity index (χ4n) is 4.17. The highest BCUT2D eigenvalue weighted by molar-refractivity contribution is 5.98. The number of halogens is 6. The summed E-state index contributed by atoms with van der Waals surface area (Å²) < 4.78 is 81.2. The number of ether oxygens (including phenoxy) is 2. The molecule has 2 aliphatic rings. The van der Waals surface area contributed by atoms with Crippen LogP contribution in [0.5, 0.6) is 11.5 Å². The molecule has 6 nitrogen and oxygen atoms in total. The molecule has 2 N–H and O–H groups in total. The maximum atomic E-state index is 12.0. The van der Waals surface area contributed by atoms with Crippen LogP contribution in [0.2, 0.25) is 0 Å². The largest absolute Gasteiger partial charge is 0.484 e. The Hall–Kier alpha value is -3.28. The Morgan fingerprint density at radius 3 is 1.45 bits per heavy atom. The third-order valence-corrected chi connectivity index (χ3v) is 5.99. The summed E-state index contributed by atoms with van der Waals surface area (Å²) in [5.41, 5.74) is 1.91. The molecule has 2 heterocycles. The van der Waals surface area contributed by atoms with Crippen molar-refractivity contribution in [3.05, 3.63) is 59.7 Å². The summed E-state index contributed by atoms with van der Waals surface area (Å²) in [6.07, 6.45) is -6.14. The van der Waals surface area contributed by atoms with Crippen molar-refractivity contribution in [2.75, 3.05) is 26.3 Å². The van der Waals surface area contributed by atoms with E-state index < -0.39 is 25.6 Å². The number of nitrogens with one attached hydrogen (secondary N) is 2. The molecule has 0 radical (unpaired) electrons. The third-order valence-electron chi connectivity index (χ3n) is 5.99.